The summed E-state index contributed by atoms with van der Waals surface area (Å²) in [6, 6.07) is 0. The Morgan fingerprint density at radius 3 is 2.77 bits per heavy atom. The van der Waals surface area contributed by atoms with Crippen molar-refractivity contribution in [3.63, 3.8) is 0 Å². The molecule has 1 saturated heterocycles. The van der Waals surface area contributed by atoms with E-state index in [0.717, 1.165) is 45.7 Å². The molecule has 3 heteroatoms. The van der Waals surface area contributed by atoms with Crippen molar-refractivity contribution in [1.82, 2.24) is 4.90 Å². The van der Waals surface area contributed by atoms with Crippen LogP contribution < -0.4 is 5.73 Å². The summed E-state index contributed by atoms with van der Waals surface area (Å²) >= 11 is 0. The second-order valence-electron chi connectivity index (χ2n) is 4.01. The highest BCUT2D eigenvalue weighted by atomic mass is 16.5. The maximum Gasteiger partial charge on any atom is 0.0593 e. The molecule has 3 nitrogen and oxygen atoms in total. The second-order valence-corrected chi connectivity index (χ2v) is 4.01. The minimum Gasteiger partial charge on any atom is -0.380 e. The normalized spacial score (nSPS) is 25.2. The van der Waals surface area contributed by atoms with Crippen molar-refractivity contribution in [1.29, 1.82) is 0 Å². The number of hydrogen-bond donors (Lipinski definition) is 1. The quantitative estimate of drug-likeness (QED) is 0.709. The molecule has 1 aliphatic heterocycles. The first kappa shape index (κ1) is 11.0. The van der Waals surface area contributed by atoms with Crippen LogP contribution in [-0.2, 0) is 4.74 Å². The van der Waals surface area contributed by atoms with Crippen LogP contribution in [0, 0.1) is 0 Å². The van der Waals surface area contributed by atoms with Crippen LogP contribution in [-0.4, -0.2) is 43.3 Å². The highest BCUT2D eigenvalue weighted by Crippen LogP contribution is 2.19. The van der Waals surface area contributed by atoms with Crippen LogP contribution in [0.5, 0.6) is 0 Å². The van der Waals surface area contributed by atoms with Crippen LogP contribution in [0.4, 0.5) is 0 Å². The third-order valence-corrected chi connectivity index (χ3v) is 3.19. The van der Waals surface area contributed by atoms with E-state index < -0.39 is 0 Å². The monoisotopic (exact) mass is 186 g/mol. The Bertz CT molecular complexity index is 138. The molecule has 0 amide bonds. The molecule has 1 rings (SSSR count). The average Bonchev–Trinajstić information content (AvgIpc) is 2.45. The smallest absolute Gasteiger partial charge is 0.0593 e. The van der Waals surface area contributed by atoms with Crippen LogP contribution in [0.25, 0.3) is 0 Å². The van der Waals surface area contributed by atoms with E-state index in [1.54, 1.807) is 0 Å². The summed E-state index contributed by atoms with van der Waals surface area (Å²) in [6.07, 6.45) is 2.25. The number of ether oxygens (including phenoxy) is 1. The minimum atomic E-state index is 0.174. The lowest BCUT2D eigenvalue weighted by atomic mass is 9.96. The third kappa shape index (κ3) is 2.66. The van der Waals surface area contributed by atoms with Crippen molar-refractivity contribution in [2.24, 2.45) is 5.73 Å². The van der Waals surface area contributed by atoms with E-state index >= 15 is 0 Å². The summed E-state index contributed by atoms with van der Waals surface area (Å²) < 4.78 is 5.43. The van der Waals surface area contributed by atoms with Gasteiger partial charge in [0.25, 0.3) is 0 Å². The van der Waals surface area contributed by atoms with Gasteiger partial charge in [-0.1, -0.05) is 6.92 Å². The number of nitrogens with two attached hydrogens (primary N) is 1. The largest absolute Gasteiger partial charge is 0.380 e. The van der Waals surface area contributed by atoms with Crippen LogP contribution in [0.2, 0.25) is 0 Å². The molecular formula is C10H22N2O. The molecule has 1 atom stereocenters. The summed E-state index contributed by atoms with van der Waals surface area (Å²) in [6.45, 7) is 9.11. The molecule has 0 aromatic heterocycles. The Morgan fingerprint density at radius 2 is 2.15 bits per heavy atom. The molecule has 1 aliphatic rings. The van der Waals surface area contributed by atoms with Crippen molar-refractivity contribution < 1.29 is 4.74 Å². The SMILES string of the molecule is CCC(C)(CN)N1CCCOCC1. The van der Waals surface area contributed by atoms with Gasteiger partial charge in [0, 0.05) is 31.8 Å². The molecule has 78 valence electrons. The molecule has 0 aromatic carbocycles. The standard InChI is InChI=1S/C10H22N2O/c1-3-10(2,9-11)12-5-4-7-13-8-6-12/h3-9,11H2,1-2H3. The lowest BCUT2D eigenvalue weighted by Crippen LogP contribution is -2.52. The third-order valence-electron chi connectivity index (χ3n) is 3.19. The van der Waals surface area contributed by atoms with Gasteiger partial charge in [-0.15, -0.1) is 0 Å². The van der Waals surface area contributed by atoms with Gasteiger partial charge >= 0.3 is 0 Å². The lowest BCUT2D eigenvalue weighted by Gasteiger charge is -2.39. The van der Waals surface area contributed by atoms with Gasteiger partial charge in [-0.05, 0) is 19.8 Å². The first-order valence-corrected chi connectivity index (χ1v) is 5.26. The molecule has 1 unspecified atom stereocenters. The zero-order valence-electron chi connectivity index (χ0n) is 8.88. The molecule has 1 fully saturated rings. The molecule has 1 heterocycles. The lowest BCUT2D eigenvalue weighted by molar-refractivity contribution is 0.0913. The predicted molar refractivity (Wildman–Crippen MR) is 54.8 cm³/mol. The van der Waals surface area contributed by atoms with E-state index in [2.05, 4.69) is 18.7 Å². The Balaban J connectivity index is 2.55. The Labute approximate surface area is 81.2 Å². The molecule has 0 radical (unpaired) electrons. The van der Waals surface area contributed by atoms with Crippen molar-refractivity contribution >= 4 is 0 Å². The fourth-order valence-electron chi connectivity index (χ4n) is 1.78. The molecule has 0 bridgehead atoms. The molecule has 0 aromatic rings. The summed E-state index contributed by atoms with van der Waals surface area (Å²) in [7, 11) is 0. The van der Waals surface area contributed by atoms with Crippen LogP contribution >= 0.6 is 0 Å². The average molecular weight is 186 g/mol. The maximum absolute atomic E-state index is 5.82. The predicted octanol–water partition coefficient (Wildman–Crippen LogP) is 0.836. The van der Waals surface area contributed by atoms with Gasteiger partial charge in [0.1, 0.15) is 0 Å². The van der Waals surface area contributed by atoms with Crippen LogP contribution in [0.15, 0.2) is 0 Å². The Hall–Kier alpha value is -0.120. The zero-order chi connectivity index (χ0) is 9.73. The van der Waals surface area contributed by atoms with Crippen molar-refractivity contribution in [3.05, 3.63) is 0 Å². The maximum atomic E-state index is 5.82. The van der Waals surface area contributed by atoms with Gasteiger partial charge in [-0.3, -0.25) is 4.90 Å². The molecular weight excluding hydrogens is 164 g/mol. The van der Waals surface area contributed by atoms with E-state index in [0.29, 0.717) is 0 Å². The Kier molecular flexibility index (Phi) is 4.16. The fourth-order valence-corrected chi connectivity index (χ4v) is 1.78. The van der Waals surface area contributed by atoms with Gasteiger partial charge in [-0.25, -0.2) is 0 Å². The minimum absolute atomic E-state index is 0.174. The second kappa shape index (κ2) is 4.94. The molecule has 0 aliphatic carbocycles. The molecule has 0 saturated carbocycles. The summed E-state index contributed by atoms with van der Waals surface area (Å²) in [5.41, 5.74) is 5.99. The summed E-state index contributed by atoms with van der Waals surface area (Å²) in [5.74, 6) is 0. The fraction of sp³-hybridized carbons (Fsp3) is 1.00. The summed E-state index contributed by atoms with van der Waals surface area (Å²) in [5, 5.41) is 0. The van der Waals surface area contributed by atoms with Gasteiger partial charge < -0.3 is 10.5 Å². The zero-order valence-corrected chi connectivity index (χ0v) is 8.88. The van der Waals surface area contributed by atoms with Gasteiger partial charge in [0.2, 0.25) is 0 Å². The molecule has 2 N–H and O–H groups in total. The number of rotatable bonds is 3. The molecule has 13 heavy (non-hydrogen) atoms. The first-order valence-electron chi connectivity index (χ1n) is 5.26. The number of hydrogen-bond acceptors (Lipinski definition) is 3. The van der Waals surface area contributed by atoms with Gasteiger partial charge in [0.05, 0.1) is 6.61 Å². The van der Waals surface area contributed by atoms with Crippen molar-refractivity contribution in [2.75, 3.05) is 32.8 Å². The van der Waals surface area contributed by atoms with Crippen LogP contribution in [0.3, 0.4) is 0 Å². The van der Waals surface area contributed by atoms with Crippen molar-refractivity contribution in [3.8, 4) is 0 Å². The highest BCUT2D eigenvalue weighted by molar-refractivity contribution is 4.86. The van der Waals surface area contributed by atoms with Gasteiger partial charge in [0.15, 0.2) is 0 Å². The van der Waals surface area contributed by atoms with Crippen LogP contribution in [0.1, 0.15) is 26.7 Å². The van der Waals surface area contributed by atoms with E-state index in [1.807, 2.05) is 0 Å². The van der Waals surface area contributed by atoms with Gasteiger partial charge in [-0.2, -0.15) is 0 Å². The van der Waals surface area contributed by atoms with E-state index in [4.69, 9.17) is 10.5 Å². The van der Waals surface area contributed by atoms with Crippen molar-refractivity contribution in [2.45, 2.75) is 32.2 Å². The van der Waals surface area contributed by atoms with E-state index in [-0.39, 0.29) is 5.54 Å². The number of nitrogens with zero attached hydrogens (tertiary/aromatic N) is 1. The van der Waals surface area contributed by atoms with E-state index in [1.165, 1.54) is 0 Å². The molecule has 0 spiro atoms. The highest BCUT2D eigenvalue weighted by Gasteiger charge is 2.28. The topological polar surface area (TPSA) is 38.5 Å². The Morgan fingerprint density at radius 1 is 1.38 bits per heavy atom. The first-order chi connectivity index (χ1) is 6.23. The van der Waals surface area contributed by atoms with E-state index in [9.17, 15) is 0 Å². The summed E-state index contributed by atoms with van der Waals surface area (Å²) in [4.78, 5) is 2.47.